The number of hydrogen-bond acceptors (Lipinski definition) is 3. The molecular weight excluding hydrogens is 492 g/mol. The van der Waals surface area contributed by atoms with Gasteiger partial charge in [-0.3, -0.25) is 4.90 Å². The first-order valence-corrected chi connectivity index (χ1v) is 13.6. The van der Waals surface area contributed by atoms with Crippen LogP contribution >= 0.6 is 0 Å². The van der Waals surface area contributed by atoms with Crippen molar-refractivity contribution in [3.8, 4) is 0 Å². The number of para-hydroxylation sites is 2. The molecular formula is C31H32N4O4. The van der Waals surface area contributed by atoms with Gasteiger partial charge in [0.2, 0.25) is 0 Å². The monoisotopic (exact) mass is 524 g/mol. The fourth-order valence-corrected chi connectivity index (χ4v) is 6.33. The number of carboxylic acids is 1. The molecule has 8 heteroatoms. The van der Waals surface area contributed by atoms with Gasteiger partial charge < -0.3 is 19.8 Å². The number of piperazine rings is 1. The summed E-state index contributed by atoms with van der Waals surface area (Å²) in [6.07, 6.45) is 2.12. The van der Waals surface area contributed by atoms with Crippen molar-refractivity contribution in [2.24, 2.45) is 0 Å². The summed E-state index contributed by atoms with van der Waals surface area (Å²) in [6, 6.07) is 26.3. The first-order chi connectivity index (χ1) is 19.0. The van der Waals surface area contributed by atoms with E-state index in [-0.39, 0.29) is 18.6 Å². The van der Waals surface area contributed by atoms with Crippen LogP contribution in [0.3, 0.4) is 0 Å². The predicted molar refractivity (Wildman–Crippen MR) is 148 cm³/mol. The number of likely N-dealkylation sites (tertiary alicyclic amines) is 2. The number of piperidine rings is 1. The highest BCUT2D eigenvalue weighted by molar-refractivity contribution is 6.01. The maximum atomic E-state index is 14.2. The third-order valence-electron chi connectivity index (χ3n) is 8.26. The largest absolute Gasteiger partial charge is 0.480 e. The van der Waals surface area contributed by atoms with Crippen molar-refractivity contribution in [3.63, 3.8) is 0 Å². The zero-order valence-corrected chi connectivity index (χ0v) is 21.7. The van der Waals surface area contributed by atoms with Gasteiger partial charge in [-0.15, -0.1) is 0 Å². The molecule has 3 aliphatic heterocycles. The number of nitrogens with zero attached hydrogens (tertiary/aromatic N) is 4. The van der Waals surface area contributed by atoms with Crippen LogP contribution in [-0.2, 0) is 4.79 Å². The predicted octanol–water partition coefficient (Wildman–Crippen LogP) is 5.16. The van der Waals surface area contributed by atoms with Gasteiger partial charge >= 0.3 is 18.0 Å². The maximum Gasteiger partial charge on any atom is 0.329 e. The van der Waals surface area contributed by atoms with Crippen LogP contribution in [-0.4, -0.2) is 75.6 Å². The Hall–Kier alpha value is -4.33. The Morgan fingerprint density at radius 2 is 1.31 bits per heavy atom. The number of carboxylic acid groups (broad SMARTS) is 1. The minimum Gasteiger partial charge on any atom is -0.480 e. The lowest BCUT2D eigenvalue weighted by atomic mass is 9.85. The minimum atomic E-state index is -1.13. The van der Waals surface area contributed by atoms with Crippen LogP contribution < -0.4 is 4.90 Å². The van der Waals surface area contributed by atoms with E-state index in [0.717, 1.165) is 12.8 Å². The molecule has 200 valence electrons. The van der Waals surface area contributed by atoms with E-state index < -0.39 is 24.1 Å². The average molecular weight is 525 g/mol. The molecule has 3 fully saturated rings. The van der Waals surface area contributed by atoms with Crippen LogP contribution in [0.1, 0.15) is 30.7 Å². The number of aliphatic carboxylic acids is 1. The second-order valence-corrected chi connectivity index (χ2v) is 10.6. The molecule has 3 aliphatic rings. The number of rotatable bonds is 4. The number of carbonyl (C=O) groups excluding carboxylic acids is 2. The molecule has 0 unspecified atom stereocenters. The number of amides is 4. The smallest absolute Gasteiger partial charge is 0.329 e. The Morgan fingerprint density at radius 3 is 1.87 bits per heavy atom. The Kier molecular flexibility index (Phi) is 6.69. The summed E-state index contributed by atoms with van der Waals surface area (Å²) in [6.45, 7) is 1.42. The first-order valence-electron chi connectivity index (χ1n) is 13.6. The van der Waals surface area contributed by atoms with E-state index in [9.17, 15) is 19.5 Å². The highest BCUT2D eigenvalue weighted by atomic mass is 16.4. The van der Waals surface area contributed by atoms with E-state index in [4.69, 9.17) is 0 Å². The zero-order valence-electron chi connectivity index (χ0n) is 21.7. The fourth-order valence-electron chi connectivity index (χ4n) is 6.33. The van der Waals surface area contributed by atoms with E-state index in [1.807, 2.05) is 83.8 Å². The third-order valence-corrected chi connectivity index (χ3v) is 8.26. The molecule has 3 heterocycles. The van der Waals surface area contributed by atoms with Crippen LogP contribution in [0.4, 0.5) is 21.0 Å². The summed E-state index contributed by atoms with van der Waals surface area (Å²) in [4.78, 5) is 47.3. The number of carbonyl (C=O) groups is 3. The molecule has 3 atom stereocenters. The summed E-state index contributed by atoms with van der Waals surface area (Å²) in [5.41, 5.74) is 2.53. The average Bonchev–Trinajstić information content (AvgIpc) is 2.93. The van der Waals surface area contributed by atoms with E-state index in [0.29, 0.717) is 36.8 Å². The Balaban J connectivity index is 1.27. The zero-order chi connectivity index (χ0) is 26.9. The van der Waals surface area contributed by atoms with Crippen LogP contribution in [0.2, 0.25) is 0 Å². The molecule has 1 N–H and O–H groups in total. The van der Waals surface area contributed by atoms with Crippen molar-refractivity contribution >= 4 is 29.4 Å². The number of urea groups is 2. The third kappa shape index (κ3) is 4.60. The Bertz CT molecular complexity index is 1290. The quantitative estimate of drug-likeness (QED) is 0.511. The number of hydrogen-bond donors (Lipinski definition) is 1. The minimum absolute atomic E-state index is 0.113. The van der Waals surface area contributed by atoms with E-state index in [1.54, 1.807) is 9.80 Å². The number of anilines is 2. The van der Waals surface area contributed by atoms with Gasteiger partial charge in [-0.05, 0) is 49.1 Å². The SMILES string of the molecule is O=C(O)[C@@H]1[C@H]2CCC[C@@H](CN1C(=O)N(c1ccccc1)c1ccccc1)N2C(=O)N1CC(c2ccccc2)C1. The van der Waals surface area contributed by atoms with Crippen molar-refractivity contribution in [3.05, 3.63) is 96.6 Å². The number of fused-ring (bicyclic) bond motifs is 2. The van der Waals surface area contributed by atoms with Gasteiger partial charge in [0.25, 0.3) is 0 Å². The number of benzene rings is 3. The molecule has 0 radical (unpaired) electrons. The molecule has 3 aromatic rings. The Morgan fingerprint density at radius 1 is 0.744 bits per heavy atom. The van der Waals surface area contributed by atoms with Crippen LogP contribution in [0.25, 0.3) is 0 Å². The van der Waals surface area contributed by atoms with Gasteiger partial charge in [0, 0.05) is 25.6 Å². The summed E-state index contributed by atoms with van der Waals surface area (Å²) < 4.78 is 0. The molecule has 8 nitrogen and oxygen atoms in total. The van der Waals surface area contributed by atoms with E-state index in [1.165, 1.54) is 10.5 Å². The summed E-state index contributed by atoms with van der Waals surface area (Å²) >= 11 is 0. The second-order valence-electron chi connectivity index (χ2n) is 10.6. The van der Waals surface area contributed by atoms with Gasteiger partial charge in [-0.1, -0.05) is 66.7 Å². The molecule has 6 rings (SSSR count). The van der Waals surface area contributed by atoms with Crippen molar-refractivity contribution in [2.45, 2.75) is 43.3 Å². The first kappa shape index (κ1) is 25.0. The van der Waals surface area contributed by atoms with Gasteiger partial charge in [0.15, 0.2) is 6.04 Å². The molecule has 0 aliphatic carbocycles. The lowest BCUT2D eigenvalue weighted by Gasteiger charge is -2.55. The van der Waals surface area contributed by atoms with Crippen molar-refractivity contribution in [1.82, 2.24) is 14.7 Å². The maximum absolute atomic E-state index is 14.2. The molecule has 4 amide bonds. The van der Waals surface area contributed by atoms with E-state index in [2.05, 4.69) is 12.1 Å². The molecule has 3 aromatic carbocycles. The topological polar surface area (TPSA) is 84.4 Å². The summed E-state index contributed by atoms with van der Waals surface area (Å²) in [5.74, 6) is -0.795. The fraction of sp³-hybridized carbons (Fsp3) is 0.323. The van der Waals surface area contributed by atoms with E-state index >= 15 is 0 Å². The molecule has 0 spiro atoms. The van der Waals surface area contributed by atoms with Gasteiger partial charge in [-0.2, -0.15) is 0 Å². The summed E-state index contributed by atoms with van der Waals surface area (Å²) in [7, 11) is 0. The molecule has 39 heavy (non-hydrogen) atoms. The highest BCUT2D eigenvalue weighted by Crippen LogP contribution is 2.38. The Labute approximate surface area is 228 Å². The van der Waals surface area contributed by atoms with Crippen molar-refractivity contribution < 1.29 is 19.5 Å². The lowest BCUT2D eigenvalue weighted by Crippen LogP contribution is -2.73. The van der Waals surface area contributed by atoms with Crippen LogP contribution in [0.5, 0.6) is 0 Å². The normalized spacial score (nSPS) is 22.7. The van der Waals surface area contributed by atoms with Crippen molar-refractivity contribution in [2.75, 3.05) is 24.5 Å². The van der Waals surface area contributed by atoms with Crippen molar-refractivity contribution in [1.29, 1.82) is 0 Å². The van der Waals surface area contributed by atoms with Crippen LogP contribution in [0, 0.1) is 0 Å². The molecule has 0 saturated carbocycles. The lowest BCUT2D eigenvalue weighted by molar-refractivity contribution is -0.149. The molecule has 0 aromatic heterocycles. The van der Waals surface area contributed by atoms with Crippen LogP contribution in [0.15, 0.2) is 91.0 Å². The molecule has 2 bridgehead atoms. The molecule has 3 saturated heterocycles. The summed E-state index contributed by atoms with van der Waals surface area (Å²) in [5, 5.41) is 10.4. The van der Waals surface area contributed by atoms with Gasteiger partial charge in [0.05, 0.1) is 23.5 Å². The van der Waals surface area contributed by atoms with Gasteiger partial charge in [0.1, 0.15) is 0 Å². The second kappa shape index (κ2) is 10.4. The van der Waals surface area contributed by atoms with Gasteiger partial charge in [-0.25, -0.2) is 14.4 Å². The highest BCUT2D eigenvalue weighted by Gasteiger charge is 2.53. The standard InChI is InChI=1S/C31H32N4O4/c36-29(37)28-27-18-10-17-26(35(27)30(38)32-19-23(20-32)22-11-4-1-5-12-22)21-33(28)31(39)34(24-13-6-2-7-14-24)25-15-8-3-9-16-25/h1-9,11-16,23,26-28H,10,17-21H2,(H,36,37)/t26-,27+,28-/m0/s1.